The van der Waals surface area contributed by atoms with E-state index in [0.717, 1.165) is 0 Å². The first-order valence-corrected chi connectivity index (χ1v) is 2.41. The van der Waals surface area contributed by atoms with Crippen LogP contribution in [0, 0.1) is 0 Å². The molecule has 0 unspecified atom stereocenters. The number of rotatable bonds is 0. The Labute approximate surface area is 62.9 Å². The van der Waals surface area contributed by atoms with Crippen LogP contribution in [0.4, 0.5) is 0 Å². The summed E-state index contributed by atoms with van der Waals surface area (Å²) in [5.41, 5.74) is 1.32. The third-order valence-corrected chi connectivity index (χ3v) is 0.940. The second kappa shape index (κ2) is 3.83. The van der Waals surface area contributed by atoms with Crippen LogP contribution in [0.5, 0.6) is 0 Å². The van der Waals surface area contributed by atoms with Crippen LogP contribution >= 0.6 is 0 Å². The maximum absolute atomic E-state index is 2.08. The van der Waals surface area contributed by atoms with E-state index in [0.29, 0.717) is 0 Å². The Kier molecular flexibility index (Phi) is 3.78. The summed E-state index contributed by atoms with van der Waals surface area (Å²) in [5, 5.41) is 0. The van der Waals surface area contributed by atoms with E-state index in [1.54, 1.807) is 0 Å². The Bertz CT molecular complexity index is 138. The van der Waals surface area contributed by atoms with Crippen LogP contribution in [-0.2, 0) is 0 Å². The van der Waals surface area contributed by atoms with Gasteiger partial charge < -0.3 is 0 Å². The van der Waals surface area contributed by atoms with E-state index in [2.05, 4.69) is 20.0 Å². The van der Waals surface area contributed by atoms with Gasteiger partial charge in [-0.25, -0.2) is 0 Å². The summed E-state index contributed by atoms with van der Waals surface area (Å²) in [6.07, 6.45) is 0. The monoisotopic (exact) mass is 98.1 g/mol. The first kappa shape index (κ1) is 7.88. The van der Waals surface area contributed by atoms with Gasteiger partial charge in [-0.2, -0.15) is 0 Å². The van der Waals surface area contributed by atoms with Crippen molar-refractivity contribution in [3.8, 4) is 0 Å². The predicted octanol–water partition coefficient (Wildman–Crippen LogP) is -0.704. The molecule has 0 atom stereocenters. The van der Waals surface area contributed by atoms with E-state index in [4.69, 9.17) is 0 Å². The second-order valence-corrected chi connectivity index (χ2v) is 1.65. The fourth-order valence-electron chi connectivity index (χ4n) is 0.534. The number of hydrogen-bond acceptors (Lipinski definition) is 0. The Hall–Kier alpha value is -0.118. The first-order chi connectivity index (χ1) is 3.39. The van der Waals surface area contributed by atoms with E-state index >= 15 is 0 Å². The zero-order valence-corrected chi connectivity index (χ0v) is 4.39. The quantitative estimate of drug-likeness (QED) is 0.376. The van der Waals surface area contributed by atoms with Gasteiger partial charge in [0.2, 0.25) is 0 Å². The van der Waals surface area contributed by atoms with Crippen LogP contribution < -0.4 is 5.46 Å². The molecule has 0 heterocycles. The molecule has 1 aromatic rings. The van der Waals surface area contributed by atoms with Crippen molar-refractivity contribution in [3.05, 3.63) is 30.3 Å². The van der Waals surface area contributed by atoms with Gasteiger partial charge in [-0.3, -0.25) is 0 Å². The van der Waals surface area contributed by atoms with Crippen LogP contribution in [0.25, 0.3) is 0 Å². The van der Waals surface area contributed by atoms with Crippen molar-refractivity contribution in [3.63, 3.8) is 0 Å². The van der Waals surface area contributed by atoms with Crippen LogP contribution in [0.15, 0.2) is 30.3 Å². The maximum atomic E-state index is 2.08. The average molecular weight is 97.9 g/mol. The SMILES string of the molecule is Bc1ccccc1.[LiH]. The van der Waals surface area contributed by atoms with Gasteiger partial charge in [-0.1, -0.05) is 35.8 Å². The molecule has 0 nitrogen and oxygen atoms in total. The van der Waals surface area contributed by atoms with Crippen molar-refractivity contribution in [1.82, 2.24) is 0 Å². The molecule has 8 heavy (non-hydrogen) atoms. The molecule has 0 amide bonds. The molecule has 36 valence electrons. The summed E-state index contributed by atoms with van der Waals surface area (Å²) in [7, 11) is 2.08. The van der Waals surface area contributed by atoms with Gasteiger partial charge in [0.15, 0.2) is 0 Å². The minimum atomic E-state index is 0. The normalized spacial score (nSPS) is 7.50. The van der Waals surface area contributed by atoms with E-state index in [-0.39, 0.29) is 18.9 Å². The predicted molar refractivity (Wildman–Crippen MR) is 41.8 cm³/mol. The molecule has 0 aliphatic heterocycles. The summed E-state index contributed by atoms with van der Waals surface area (Å²) in [4.78, 5) is 0. The summed E-state index contributed by atoms with van der Waals surface area (Å²) in [5.74, 6) is 0. The van der Waals surface area contributed by atoms with Crippen molar-refractivity contribution in [1.29, 1.82) is 0 Å². The summed E-state index contributed by atoms with van der Waals surface area (Å²) in [6, 6.07) is 10.3. The van der Waals surface area contributed by atoms with E-state index < -0.39 is 0 Å². The van der Waals surface area contributed by atoms with Crippen molar-refractivity contribution >= 4 is 32.2 Å². The third kappa shape index (κ3) is 2.26. The average Bonchev–Trinajstić information content (AvgIpc) is 1.69. The Morgan fingerprint density at radius 2 is 1.50 bits per heavy atom. The molecule has 0 aromatic heterocycles. The van der Waals surface area contributed by atoms with Gasteiger partial charge in [0.05, 0.1) is 0 Å². The molecule has 0 spiro atoms. The molecular formula is C6H8BLi. The van der Waals surface area contributed by atoms with Crippen LogP contribution in [0.1, 0.15) is 0 Å². The molecule has 0 aliphatic carbocycles. The first-order valence-electron chi connectivity index (χ1n) is 2.41. The van der Waals surface area contributed by atoms with Gasteiger partial charge in [0.1, 0.15) is 7.85 Å². The van der Waals surface area contributed by atoms with Crippen molar-refractivity contribution in [2.45, 2.75) is 0 Å². The topological polar surface area (TPSA) is 0 Å². The molecule has 1 aromatic carbocycles. The van der Waals surface area contributed by atoms with Crippen LogP contribution in [0.3, 0.4) is 0 Å². The number of benzene rings is 1. The summed E-state index contributed by atoms with van der Waals surface area (Å²) < 4.78 is 0. The van der Waals surface area contributed by atoms with Crippen molar-refractivity contribution < 1.29 is 0 Å². The minimum absolute atomic E-state index is 0. The van der Waals surface area contributed by atoms with Crippen LogP contribution in [-0.4, -0.2) is 26.7 Å². The summed E-state index contributed by atoms with van der Waals surface area (Å²) in [6.45, 7) is 0. The molecule has 0 aliphatic rings. The van der Waals surface area contributed by atoms with Gasteiger partial charge in [0, 0.05) is 0 Å². The zero-order chi connectivity index (χ0) is 5.11. The molecule has 0 saturated heterocycles. The van der Waals surface area contributed by atoms with Gasteiger partial charge in [-0.05, 0) is 0 Å². The van der Waals surface area contributed by atoms with Gasteiger partial charge >= 0.3 is 18.9 Å². The van der Waals surface area contributed by atoms with Gasteiger partial charge in [-0.15, -0.1) is 0 Å². The molecule has 2 heteroatoms. The standard InChI is InChI=1S/C6H7B.Li.H/c7-6-4-2-1-3-5-6;;/h1-5H,7H2;;. The molecular weight excluding hydrogens is 89.8 g/mol. The second-order valence-electron chi connectivity index (χ2n) is 1.65. The van der Waals surface area contributed by atoms with Crippen molar-refractivity contribution in [2.75, 3.05) is 0 Å². The molecule has 0 radical (unpaired) electrons. The Balaban J connectivity index is 0.000000490. The Morgan fingerprint density at radius 1 is 1.00 bits per heavy atom. The van der Waals surface area contributed by atoms with Gasteiger partial charge in [0.25, 0.3) is 0 Å². The molecule has 0 N–H and O–H groups in total. The van der Waals surface area contributed by atoms with Crippen LogP contribution in [0.2, 0.25) is 0 Å². The molecule has 0 saturated carbocycles. The third-order valence-electron chi connectivity index (χ3n) is 0.940. The molecule has 0 fully saturated rings. The Morgan fingerprint density at radius 3 is 1.75 bits per heavy atom. The number of hydrogen-bond donors (Lipinski definition) is 0. The van der Waals surface area contributed by atoms with Crippen molar-refractivity contribution in [2.24, 2.45) is 0 Å². The molecule has 1 rings (SSSR count). The fourth-order valence-corrected chi connectivity index (χ4v) is 0.534. The van der Waals surface area contributed by atoms with E-state index in [1.807, 2.05) is 18.2 Å². The van der Waals surface area contributed by atoms with E-state index in [1.165, 1.54) is 5.46 Å². The summed E-state index contributed by atoms with van der Waals surface area (Å²) >= 11 is 0. The molecule has 0 bridgehead atoms. The zero-order valence-electron chi connectivity index (χ0n) is 4.39. The van der Waals surface area contributed by atoms with E-state index in [9.17, 15) is 0 Å². The fraction of sp³-hybridized carbons (Fsp3) is 0.